The number of hydrogen-bond acceptors (Lipinski definition) is 5. The van der Waals surface area contributed by atoms with Crippen LogP contribution < -0.4 is 20.3 Å². The van der Waals surface area contributed by atoms with Gasteiger partial charge in [-0.2, -0.15) is 0 Å². The number of anilines is 2. The van der Waals surface area contributed by atoms with Crippen LogP contribution in [0.25, 0.3) is 17.0 Å². The van der Waals surface area contributed by atoms with E-state index in [1.807, 2.05) is 37.3 Å². The Balaban J connectivity index is 0.00000506. The van der Waals surface area contributed by atoms with Crippen LogP contribution in [-0.4, -0.2) is 36.3 Å². The summed E-state index contributed by atoms with van der Waals surface area (Å²) in [5, 5.41) is 6.96. The molecule has 0 aliphatic carbocycles. The zero-order valence-electron chi connectivity index (χ0n) is 23.8. The third-order valence-electron chi connectivity index (χ3n) is 6.45. The number of nitrogens with one attached hydrogen (secondary N) is 2. The Morgan fingerprint density at radius 2 is 1.74 bits per heavy atom. The van der Waals surface area contributed by atoms with Crippen molar-refractivity contribution in [1.82, 2.24) is 10.3 Å². The quantitative estimate of drug-likeness (QED) is 0.182. The summed E-state index contributed by atoms with van der Waals surface area (Å²) < 4.78 is 6.07. The van der Waals surface area contributed by atoms with Gasteiger partial charge in [-0.15, -0.1) is 12.4 Å². The highest BCUT2D eigenvalue weighted by Gasteiger charge is 2.19. The second kappa shape index (κ2) is 15.4. The van der Waals surface area contributed by atoms with Gasteiger partial charge in [0.05, 0.1) is 17.3 Å². The number of pyridine rings is 1. The maximum atomic E-state index is 12.9. The summed E-state index contributed by atoms with van der Waals surface area (Å²) in [6, 6.07) is 19.9. The van der Waals surface area contributed by atoms with Crippen molar-refractivity contribution < 1.29 is 19.1 Å². The summed E-state index contributed by atoms with van der Waals surface area (Å²) in [6.45, 7) is 3.51. The molecule has 0 saturated heterocycles. The molecule has 0 bridgehead atoms. The lowest BCUT2D eigenvalue weighted by molar-refractivity contribution is -0.122. The number of ether oxygens (including phenoxy) is 1. The number of carbonyl (C=O) groups is 3. The summed E-state index contributed by atoms with van der Waals surface area (Å²) >= 11 is 13.1. The fraction of sp³-hybridized carbons (Fsp3) is 0.188. The molecule has 0 fully saturated rings. The number of nitrogens with zero attached hydrogens (tertiary/aromatic N) is 2. The van der Waals surface area contributed by atoms with Gasteiger partial charge < -0.3 is 20.3 Å². The van der Waals surface area contributed by atoms with E-state index in [9.17, 15) is 14.4 Å². The average Bonchev–Trinajstić information content (AvgIpc) is 2.99. The molecule has 0 atom stereocenters. The first-order chi connectivity index (χ1) is 20.2. The van der Waals surface area contributed by atoms with Crippen molar-refractivity contribution in [2.24, 2.45) is 0 Å². The summed E-state index contributed by atoms with van der Waals surface area (Å²) in [6.07, 6.45) is 3.34. The van der Waals surface area contributed by atoms with Gasteiger partial charge in [-0.25, -0.2) is 4.98 Å². The number of hydrogen-bond donors (Lipinski definition) is 2. The molecule has 1 aromatic heterocycles. The predicted molar refractivity (Wildman–Crippen MR) is 175 cm³/mol. The highest BCUT2D eigenvalue weighted by atomic mass is 35.5. The first-order valence-corrected chi connectivity index (χ1v) is 14.0. The van der Waals surface area contributed by atoms with Gasteiger partial charge in [0, 0.05) is 46.9 Å². The fourth-order valence-corrected chi connectivity index (χ4v) is 4.64. The molecule has 3 amide bonds. The highest BCUT2D eigenvalue weighted by Crippen LogP contribution is 2.35. The number of para-hydroxylation sites is 1. The van der Waals surface area contributed by atoms with E-state index in [0.29, 0.717) is 34.1 Å². The molecule has 3 aromatic carbocycles. The fourth-order valence-electron chi connectivity index (χ4n) is 4.03. The van der Waals surface area contributed by atoms with E-state index in [1.165, 1.54) is 11.0 Å². The minimum absolute atomic E-state index is 0. The summed E-state index contributed by atoms with van der Waals surface area (Å²) in [7, 11) is 1.57. The number of carbonyl (C=O) groups excluding carboxylic acids is 3. The largest absolute Gasteiger partial charge is 0.487 e. The topological polar surface area (TPSA) is 101 Å². The average molecular weight is 642 g/mol. The lowest BCUT2D eigenvalue weighted by Crippen LogP contribution is -2.37. The summed E-state index contributed by atoms with van der Waals surface area (Å²) in [5.41, 5.74) is 3.99. The van der Waals surface area contributed by atoms with E-state index in [-0.39, 0.29) is 42.4 Å². The van der Waals surface area contributed by atoms with Gasteiger partial charge in [0.15, 0.2) is 0 Å². The van der Waals surface area contributed by atoms with E-state index in [4.69, 9.17) is 27.9 Å². The Morgan fingerprint density at radius 3 is 2.47 bits per heavy atom. The minimum atomic E-state index is -0.435. The number of likely N-dealkylation sites (N-methyl/N-ethyl adjacent to an activating group) is 1. The first kappa shape index (κ1) is 33.4. The van der Waals surface area contributed by atoms with Gasteiger partial charge in [-0.1, -0.05) is 60.5 Å². The van der Waals surface area contributed by atoms with Crippen LogP contribution in [0.2, 0.25) is 10.0 Å². The van der Waals surface area contributed by atoms with Crippen LogP contribution >= 0.6 is 35.6 Å². The van der Waals surface area contributed by atoms with Crippen LogP contribution in [0.3, 0.4) is 0 Å². The van der Waals surface area contributed by atoms with Crippen LogP contribution in [0.15, 0.2) is 72.8 Å². The van der Waals surface area contributed by atoms with Crippen LogP contribution in [0.4, 0.5) is 11.4 Å². The Morgan fingerprint density at radius 1 is 1.00 bits per heavy atom. The smallest absolute Gasteiger partial charge is 0.246 e. The van der Waals surface area contributed by atoms with Crippen molar-refractivity contribution in [2.75, 3.05) is 23.8 Å². The van der Waals surface area contributed by atoms with Gasteiger partial charge >= 0.3 is 0 Å². The van der Waals surface area contributed by atoms with E-state index in [2.05, 4.69) is 15.6 Å². The maximum absolute atomic E-state index is 12.9. The minimum Gasteiger partial charge on any atom is -0.487 e. The molecule has 0 aliphatic rings. The van der Waals surface area contributed by atoms with Gasteiger partial charge in [0.1, 0.15) is 17.9 Å². The zero-order chi connectivity index (χ0) is 30.2. The Labute approximate surface area is 266 Å². The Hall–Kier alpha value is -4.11. The molecule has 1 heterocycles. The van der Waals surface area contributed by atoms with Crippen LogP contribution in [0.1, 0.15) is 30.2 Å². The number of amides is 3. The zero-order valence-corrected chi connectivity index (χ0v) is 26.1. The SMILES string of the molecule is CCC(=O)Nc1ccc(C=CC(=O)NCC(=O)N(C)c2ccc(Cl)c(COc3cccc4ccc(C)nc34)c2Cl)cc1.Cl. The van der Waals surface area contributed by atoms with Gasteiger partial charge in [-0.3, -0.25) is 14.4 Å². The van der Waals surface area contributed by atoms with E-state index >= 15 is 0 Å². The van der Waals surface area contributed by atoms with Crippen molar-refractivity contribution in [1.29, 1.82) is 0 Å². The number of fused-ring (bicyclic) bond motifs is 1. The molecule has 0 radical (unpaired) electrons. The molecule has 2 N–H and O–H groups in total. The first-order valence-electron chi connectivity index (χ1n) is 13.2. The van der Waals surface area contributed by atoms with E-state index in [0.717, 1.165) is 22.2 Å². The molecule has 43 heavy (non-hydrogen) atoms. The van der Waals surface area contributed by atoms with Crippen molar-refractivity contribution in [3.05, 3.63) is 99.7 Å². The number of halogens is 3. The van der Waals surface area contributed by atoms with Gasteiger partial charge in [0.2, 0.25) is 17.7 Å². The van der Waals surface area contributed by atoms with Gasteiger partial charge in [-0.05, 0) is 55.0 Å². The third-order valence-corrected chi connectivity index (χ3v) is 7.23. The van der Waals surface area contributed by atoms with Gasteiger partial charge in [0.25, 0.3) is 0 Å². The van der Waals surface area contributed by atoms with Crippen molar-refractivity contribution >= 4 is 81.7 Å². The molecule has 0 spiro atoms. The molecule has 8 nitrogen and oxygen atoms in total. The molecule has 0 saturated carbocycles. The summed E-state index contributed by atoms with van der Waals surface area (Å²) in [5.74, 6) is -0.300. The molecule has 0 aliphatic heterocycles. The second-order valence-electron chi connectivity index (χ2n) is 9.46. The molecule has 0 unspecified atom stereocenters. The lowest BCUT2D eigenvalue weighted by Gasteiger charge is -2.21. The summed E-state index contributed by atoms with van der Waals surface area (Å²) in [4.78, 5) is 42.7. The third kappa shape index (κ3) is 8.70. The molecular weight excluding hydrogens is 611 g/mol. The monoisotopic (exact) mass is 640 g/mol. The highest BCUT2D eigenvalue weighted by molar-refractivity contribution is 6.38. The second-order valence-corrected chi connectivity index (χ2v) is 10.2. The van der Waals surface area contributed by atoms with Crippen LogP contribution in [0.5, 0.6) is 5.75 Å². The molecule has 4 rings (SSSR count). The molecule has 11 heteroatoms. The molecule has 4 aromatic rings. The molecule has 224 valence electrons. The maximum Gasteiger partial charge on any atom is 0.246 e. The number of aryl methyl sites for hydroxylation is 1. The number of benzene rings is 3. The van der Waals surface area contributed by atoms with Crippen molar-refractivity contribution in [3.8, 4) is 5.75 Å². The van der Waals surface area contributed by atoms with Crippen molar-refractivity contribution in [3.63, 3.8) is 0 Å². The number of aromatic nitrogens is 1. The standard InChI is InChI=1S/C32H30Cl2N4O4.ClH/c1-4-28(39)37-23-13-9-21(10-14-23)11-17-29(40)35-18-30(41)38(3)26-16-15-25(33)24(31(26)34)19-42-27-7-5-6-22-12-8-20(2)36-32(22)27;/h5-17H,4,18-19H2,1-3H3,(H,35,40)(H,37,39);1H. The Bertz CT molecular complexity index is 1660. The predicted octanol–water partition coefficient (Wildman–Crippen LogP) is 6.99. The van der Waals surface area contributed by atoms with Crippen LogP contribution in [-0.2, 0) is 21.0 Å². The number of rotatable bonds is 10. The Kier molecular flexibility index (Phi) is 11.9. The van der Waals surface area contributed by atoms with Crippen molar-refractivity contribution in [2.45, 2.75) is 26.9 Å². The van der Waals surface area contributed by atoms with E-state index < -0.39 is 5.91 Å². The van der Waals surface area contributed by atoms with Crippen LogP contribution in [0, 0.1) is 6.92 Å². The molecular formula is C32H31Cl3N4O4. The normalized spacial score (nSPS) is 10.7. The van der Waals surface area contributed by atoms with E-state index in [1.54, 1.807) is 56.4 Å². The lowest BCUT2D eigenvalue weighted by atomic mass is 10.1.